The average Bonchev–Trinajstić information content (AvgIpc) is 2.51. The van der Waals surface area contributed by atoms with Crippen molar-refractivity contribution in [1.29, 1.82) is 0 Å². The Kier molecular flexibility index (Phi) is 3.12. The lowest BCUT2D eigenvalue weighted by Gasteiger charge is -2.09. The summed E-state index contributed by atoms with van der Waals surface area (Å²) in [6.07, 6.45) is 2.41. The minimum absolute atomic E-state index is 0.0637. The van der Waals surface area contributed by atoms with Crippen molar-refractivity contribution in [3.63, 3.8) is 0 Å². The second kappa shape index (κ2) is 4.12. The van der Waals surface area contributed by atoms with Crippen molar-refractivity contribution in [3.8, 4) is 0 Å². The number of hydrogen-bond donors (Lipinski definition) is 1. The largest absolute Gasteiger partial charge is 0.469 e. The summed E-state index contributed by atoms with van der Waals surface area (Å²) in [7, 11) is 0. The van der Waals surface area contributed by atoms with Crippen molar-refractivity contribution < 1.29 is 9.21 Å². The standard InChI is InChI=1S/C10H15NO2/c1-4-7(2)11-10(12)9-5-8(3)13-6-9/h5-7H,4H2,1-3H3,(H,11,12). The molecule has 0 aromatic carbocycles. The topological polar surface area (TPSA) is 42.2 Å². The van der Waals surface area contributed by atoms with Gasteiger partial charge in [-0.15, -0.1) is 0 Å². The fourth-order valence-corrected chi connectivity index (χ4v) is 0.972. The van der Waals surface area contributed by atoms with E-state index in [0.717, 1.165) is 12.2 Å². The Labute approximate surface area is 78.1 Å². The molecule has 1 aromatic rings. The number of hydrogen-bond acceptors (Lipinski definition) is 2. The zero-order valence-corrected chi connectivity index (χ0v) is 8.26. The Balaban J connectivity index is 2.58. The van der Waals surface area contributed by atoms with E-state index in [2.05, 4.69) is 5.32 Å². The molecule has 1 atom stereocenters. The number of furan rings is 1. The summed E-state index contributed by atoms with van der Waals surface area (Å²) in [5.41, 5.74) is 0.595. The van der Waals surface area contributed by atoms with Crippen LogP contribution in [0.2, 0.25) is 0 Å². The van der Waals surface area contributed by atoms with E-state index < -0.39 is 0 Å². The van der Waals surface area contributed by atoms with Gasteiger partial charge in [0.25, 0.3) is 5.91 Å². The van der Waals surface area contributed by atoms with Crippen molar-refractivity contribution >= 4 is 5.91 Å². The highest BCUT2D eigenvalue weighted by Crippen LogP contribution is 2.06. The quantitative estimate of drug-likeness (QED) is 0.776. The molecule has 72 valence electrons. The Hall–Kier alpha value is -1.25. The normalized spacial score (nSPS) is 12.5. The smallest absolute Gasteiger partial charge is 0.254 e. The van der Waals surface area contributed by atoms with Gasteiger partial charge in [0.05, 0.1) is 5.56 Å². The molecule has 0 radical (unpaired) electrons. The Morgan fingerprint density at radius 2 is 2.38 bits per heavy atom. The molecule has 1 aromatic heterocycles. The number of carbonyl (C=O) groups is 1. The van der Waals surface area contributed by atoms with E-state index in [1.165, 1.54) is 6.26 Å². The summed E-state index contributed by atoms with van der Waals surface area (Å²) in [4.78, 5) is 11.5. The maximum atomic E-state index is 11.5. The molecular weight excluding hydrogens is 166 g/mol. The van der Waals surface area contributed by atoms with Gasteiger partial charge in [-0.2, -0.15) is 0 Å². The lowest BCUT2D eigenvalue weighted by Crippen LogP contribution is -2.31. The molecule has 0 aliphatic carbocycles. The van der Waals surface area contributed by atoms with Gasteiger partial charge in [-0.3, -0.25) is 4.79 Å². The number of aryl methyl sites for hydroxylation is 1. The van der Waals surface area contributed by atoms with Gasteiger partial charge in [0.2, 0.25) is 0 Å². The van der Waals surface area contributed by atoms with E-state index in [4.69, 9.17) is 4.42 Å². The molecule has 0 aliphatic heterocycles. The van der Waals surface area contributed by atoms with Gasteiger partial charge >= 0.3 is 0 Å². The van der Waals surface area contributed by atoms with Crippen LogP contribution in [-0.4, -0.2) is 11.9 Å². The molecule has 0 aliphatic rings. The van der Waals surface area contributed by atoms with Crippen LogP contribution in [0.3, 0.4) is 0 Å². The summed E-state index contributed by atoms with van der Waals surface area (Å²) in [5, 5.41) is 2.86. The van der Waals surface area contributed by atoms with Gasteiger partial charge in [-0.25, -0.2) is 0 Å². The summed E-state index contributed by atoms with van der Waals surface area (Å²) in [6, 6.07) is 1.94. The molecule has 0 saturated heterocycles. The van der Waals surface area contributed by atoms with Gasteiger partial charge in [-0.05, 0) is 26.3 Å². The van der Waals surface area contributed by atoms with Crippen molar-refractivity contribution in [2.45, 2.75) is 33.2 Å². The monoisotopic (exact) mass is 181 g/mol. The van der Waals surface area contributed by atoms with Crippen LogP contribution in [0, 0.1) is 6.92 Å². The summed E-state index contributed by atoms with van der Waals surface area (Å²) >= 11 is 0. The van der Waals surface area contributed by atoms with Gasteiger partial charge in [-0.1, -0.05) is 6.92 Å². The summed E-state index contributed by atoms with van der Waals surface area (Å²) < 4.78 is 5.04. The first kappa shape index (κ1) is 9.84. The lowest BCUT2D eigenvalue weighted by atomic mass is 10.2. The van der Waals surface area contributed by atoms with Gasteiger partial charge < -0.3 is 9.73 Å². The zero-order valence-electron chi connectivity index (χ0n) is 8.26. The fraction of sp³-hybridized carbons (Fsp3) is 0.500. The molecule has 1 amide bonds. The van der Waals surface area contributed by atoms with Crippen molar-refractivity contribution in [1.82, 2.24) is 5.32 Å². The van der Waals surface area contributed by atoms with Crippen LogP contribution in [-0.2, 0) is 0 Å². The zero-order chi connectivity index (χ0) is 9.84. The number of amides is 1. The molecule has 0 spiro atoms. The van der Waals surface area contributed by atoms with Gasteiger partial charge in [0, 0.05) is 6.04 Å². The summed E-state index contributed by atoms with van der Waals surface area (Å²) in [5.74, 6) is 0.695. The van der Waals surface area contributed by atoms with Crippen LogP contribution in [0.4, 0.5) is 0 Å². The third-order valence-corrected chi connectivity index (χ3v) is 1.98. The summed E-state index contributed by atoms with van der Waals surface area (Å²) in [6.45, 7) is 5.83. The first-order chi connectivity index (χ1) is 6.13. The molecular formula is C10H15NO2. The maximum absolute atomic E-state index is 11.5. The number of carbonyl (C=O) groups excluding carboxylic acids is 1. The van der Waals surface area contributed by atoms with Crippen molar-refractivity contribution in [3.05, 3.63) is 23.7 Å². The molecule has 1 unspecified atom stereocenters. The third-order valence-electron chi connectivity index (χ3n) is 1.98. The van der Waals surface area contributed by atoms with Crippen LogP contribution in [0.25, 0.3) is 0 Å². The van der Waals surface area contributed by atoms with E-state index in [0.29, 0.717) is 5.56 Å². The second-order valence-corrected chi connectivity index (χ2v) is 3.23. The van der Waals surface area contributed by atoms with E-state index in [1.54, 1.807) is 6.07 Å². The van der Waals surface area contributed by atoms with E-state index in [-0.39, 0.29) is 11.9 Å². The highest BCUT2D eigenvalue weighted by Gasteiger charge is 2.10. The van der Waals surface area contributed by atoms with Crippen LogP contribution < -0.4 is 5.32 Å². The predicted octanol–water partition coefficient (Wildman–Crippen LogP) is 2.12. The van der Waals surface area contributed by atoms with Crippen LogP contribution >= 0.6 is 0 Å². The molecule has 0 saturated carbocycles. The predicted molar refractivity (Wildman–Crippen MR) is 50.7 cm³/mol. The molecule has 1 N–H and O–H groups in total. The SMILES string of the molecule is CCC(C)NC(=O)c1coc(C)c1. The molecule has 3 heteroatoms. The van der Waals surface area contributed by atoms with E-state index in [1.807, 2.05) is 20.8 Å². The first-order valence-electron chi connectivity index (χ1n) is 4.49. The molecule has 0 bridgehead atoms. The van der Waals surface area contributed by atoms with Crippen LogP contribution in [0.15, 0.2) is 16.7 Å². The Morgan fingerprint density at radius 3 is 2.85 bits per heavy atom. The highest BCUT2D eigenvalue weighted by molar-refractivity contribution is 5.94. The Bertz CT molecular complexity index is 291. The van der Waals surface area contributed by atoms with Crippen molar-refractivity contribution in [2.75, 3.05) is 0 Å². The van der Waals surface area contributed by atoms with Crippen LogP contribution in [0.5, 0.6) is 0 Å². The molecule has 1 heterocycles. The van der Waals surface area contributed by atoms with Crippen LogP contribution in [0.1, 0.15) is 36.4 Å². The Morgan fingerprint density at radius 1 is 1.69 bits per heavy atom. The molecule has 0 fully saturated rings. The minimum Gasteiger partial charge on any atom is -0.469 e. The van der Waals surface area contributed by atoms with Gasteiger partial charge in [0.15, 0.2) is 0 Å². The fourth-order valence-electron chi connectivity index (χ4n) is 0.972. The second-order valence-electron chi connectivity index (χ2n) is 3.23. The molecule has 1 rings (SSSR count). The molecule has 13 heavy (non-hydrogen) atoms. The van der Waals surface area contributed by atoms with Crippen molar-refractivity contribution in [2.24, 2.45) is 0 Å². The van der Waals surface area contributed by atoms with E-state index in [9.17, 15) is 4.79 Å². The van der Waals surface area contributed by atoms with Gasteiger partial charge in [0.1, 0.15) is 12.0 Å². The number of rotatable bonds is 3. The average molecular weight is 181 g/mol. The third kappa shape index (κ3) is 2.61. The maximum Gasteiger partial charge on any atom is 0.254 e. The number of nitrogens with one attached hydrogen (secondary N) is 1. The highest BCUT2D eigenvalue weighted by atomic mass is 16.3. The minimum atomic E-state index is -0.0637. The lowest BCUT2D eigenvalue weighted by molar-refractivity contribution is 0.0938. The first-order valence-corrected chi connectivity index (χ1v) is 4.49. The van der Waals surface area contributed by atoms with E-state index >= 15 is 0 Å². The molecule has 3 nitrogen and oxygen atoms in total.